The third-order valence-electron chi connectivity index (χ3n) is 4.02. The number of hydrogen-bond acceptors (Lipinski definition) is 6. The minimum Gasteiger partial charge on any atom is -0.493 e. The first-order valence-corrected chi connectivity index (χ1v) is 10.7. The Balaban J connectivity index is 2.14. The number of benzene rings is 2. The van der Waals surface area contributed by atoms with Crippen LogP contribution in [-0.2, 0) is 21.4 Å². The van der Waals surface area contributed by atoms with Crippen LogP contribution in [0.25, 0.3) is 0 Å². The van der Waals surface area contributed by atoms with Gasteiger partial charge < -0.3 is 19.5 Å². The van der Waals surface area contributed by atoms with E-state index in [0.29, 0.717) is 33.5 Å². The molecule has 0 unspecified atom stereocenters. The second-order valence-electron chi connectivity index (χ2n) is 6.06. The second-order valence-corrected chi connectivity index (χ2v) is 8.40. The number of ether oxygens (including phenoxy) is 3. The number of carbonyl (C=O) groups excluding carboxylic acids is 1. The molecule has 0 saturated heterocycles. The van der Waals surface area contributed by atoms with Crippen LogP contribution in [0.2, 0.25) is 5.02 Å². The molecule has 0 fully saturated rings. The van der Waals surface area contributed by atoms with Gasteiger partial charge in [0.2, 0.25) is 21.7 Å². The van der Waals surface area contributed by atoms with Crippen molar-refractivity contribution in [1.29, 1.82) is 0 Å². The average molecular weight is 443 g/mol. The summed E-state index contributed by atoms with van der Waals surface area (Å²) >= 11 is 5.85. The Morgan fingerprint density at radius 2 is 1.59 bits per heavy atom. The molecule has 158 valence electrons. The maximum Gasteiger partial charge on any atom is 0.241 e. The van der Waals surface area contributed by atoms with E-state index in [9.17, 15) is 13.2 Å². The summed E-state index contributed by atoms with van der Waals surface area (Å²) in [4.78, 5) is 12.4. The molecule has 2 aromatic rings. The number of rotatable bonds is 9. The van der Waals surface area contributed by atoms with Gasteiger partial charge in [-0.2, -0.15) is 0 Å². The van der Waals surface area contributed by atoms with Gasteiger partial charge in [-0.05, 0) is 42.0 Å². The second kappa shape index (κ2) is 9.71. The van der Waals surface area contributed by atoms with Crippen LogP contribution in [0.15, 0.2) is 36.4 Å². The highest BCUT2D eigenvalue weighted by atomic mass is 35.5. The third kappa shape index (κ3) is 5.91. The molecule has 2 aromatic carbocycles. The van der Waals surface area contributed by atoms with Gasteiger partial charge in [-0.25, -0.2) is 8.42 Å². The van der Waals surface area contributed by atoms with Gasteiger partial charge in [0.1, 0.15) is 6.54 Å². The van der Waals surface area contributed by atoms with Gasteiger partial charge in [0.05, 0.1) is 33.3 Å². The summed E-state index contributed by atoms with van der Waals surface area (Å²) in [7, 11) is 0.824. The van der Waals surface area contributed by atoms with E-state index in [-0.39, 0.29) is 13.1 Å². The maximum atomic E-state index is 12.4. The first kappa shape index (κ1) is 22.6. The van der Waals surface area contributed by atoms with Crippen LogP contribution in [-0.4, -0.2) is 48.5 Å². The van der Waals surface area contributed by atoms with Crippen molar-refractivity contribution in [1.82, 2.24) is 5.32 Å². The van der Waals surface area contributed by atoms with Crippen LogP contribution in [0.4, 0.5) is 5.69 Å². The molecule has 0 aliphatic carbocycles. The summed E-state index contributed by atoms with van der Waals surface area (Å²) in [5, 5.41) is 3.17. The number of nitrogens with one attached hydrogen (secondary N) is 1. The summed E-state index contributed by atoms with van der Waals surface area (Å²) in [6.07, 6.45) is 1.04. The topological polar surface area (TPSA) is 94.2 Å². The Morgan fingerprint density at radius 3 is 2.03 bits per heavy atom. The molecule has 0 bridgehead atoms. The van der Waals surface area contributed by atoms with E-state index in [2.05, 4.69) is 5.32 Å². The third-order valence-corrected chi connectivity index (χ3v) is 5.41. The summed E-state index contributed by atoms with van der Waals surface area (Å²) in [5.41, 5.74) is 1.05. The molecule has 0 spiro atoms. The van der Waals surface area contributed by atoms with Crippen LogP contribution < -0.4 is 23.8 Å². The van der Waals surface area contributed by atoms with Crippen LogP contribution in [0, 0.1) is 0 Å². The Kier molecular flexibility index (Phi) is 7.58. The highest BCUT2D eigenvalue weighted by molar-refractivity contribution is 7.92. The minimum atomic E-state index is -3.67. The fourth-order valence-electron chi connectivity index (χ4n) is 2.63. The summed E-state index contributed by atoms with van der Waals surface area (Å²) in [6.45, 7) is -0.224. The Bertz CT molecular complexity index is 938. The SMILES string of the molecule is COc1cc(CNC(=O)CN(c2ccc(Cl)cc2)S(C)(=O)=O)cc(OC)c1OC. The molecule has 2 rings (SSSR count). The summed E-state index contributed by atoms with van der Waals surface area (Å²) < 4.78 is 41.1. The minimum absolute atomic E-state index is 0.147. The van der Waals surface area contributed by atoms with E-state index in [1.165, 1.54) is 33.5 Å². The number of methoxy groups -OCH3 is 3. The molecule has 8 nitrogen and oxygen atoms in total. The Morgan fingerprint density at radius 1 is 1.03 bits per heavy atom. The lowest BCUT2D eigenvalue weighted by Gasteiger charge is -2.22. The van der Waals surface area contributed by atoms with E-state index < -0.39 is 15.9 Å². The van der Waals surface area contributed by atoms with Gasteiger partial charge >= 0.3 is 0 Å². The van der Waals surface area contributed by atoms with Gasteiger partial charge in [0.15, 0.2) is 11.5 Å². The smallest absolute Gasteiger partial charge is 0.241 e. The molecule has 0 aliphatic heterocycles. The molecule has 0 radical (unpaired) electrons. The fourth-order valence-corrected chi connectivity index (χ4v) is 3.61. The zero-order valence-electron chi connectivity index (χ0n) is 16.6. The molecule has 0 aromatic heterocycles. The molecule has 1 amide bonds. The van der Waals surface area contributed by atoms with E-state index in [4.69, 9.17) is 25.8 Å². The van der Waals surface area contributed by atoms with Crippen molar-refractivity contribution in [2.75, 3.05) is 38.4 Å². The number of halogens is 1. The molecule has 0 aliphatic rings. The quantitative estimate of drug-likeness (QED) is 0.641. The predicted octanol–water partition coefficient (Wildman–Crippen LogP) is 2.45. The van der Waals surface area contributed by atoms with Gasteiger partial charge in [-0.3, -0.25) is 9.10 Å². The molecular weight excluding hydrogens is 420 g/mol. The first-order valence-electron chi connectivity index (χ1n) is 8.48. The lowest BCUT2D eigenvalue weighted by atomic mass is 10.1. The highest BCUT2D eigenvalue weighted by Crippen LogP contribution is 2.38. The number of hydrogen-bond donors (Lipinski definition) is 1. The lowest BCUT2D eigenvalue weighted by Crippen LogP contribution is -2.40. The van der Waals surface area contributed by atoms with Crippen molar-refractivity contribution in [2.45, 2.75) is 6.54 Å². The number of sulfonamides is 1. The van der Waals surface area contributed by atoms with Crippen LogP contribution >= 0.6 is 11.6 Å². The van der Waals surface area contributed by atoms with Crippen LogP contribution in [0.3, 0.4) is 0 Å². The zero-order chi connectivity index (χ0) is 21.6. The van der Waals surface area contributed by atoms with Crippen molar-refractivity contribution in [3.8, 4) is 17.2 Å². The predicted molar refractivity (Wildman–Crippen MR) is 112 cm³/mol. The van der Waals surface area contributed by atoms with Crippen molar-refractivity contribution in [3.05, 3.63) is 47.0 Å². The van der Waals surface area contributed by atoms with E-state index in [0.717, 1.165) is 10.6 Å². The Labute approximate surface area is 175 Å². The number of amides is 1. The summed E-state index contributed by atoms with van der Waals surface area (Å²) in [6, 6.07) is 9.60. The van der Waals surface area contributed by atoms with Crippen molar-refractivity contribution in [2.24, 2.45) is 0 Å². The average Bonchev–Trinajstić information content (AvgIpc) is 2.69. The van der Waals surface area contributed by atoms with E-state index in [1.807, 2.05) is 0 Å². The van der Waals surface area contributed by atoms with E-state index >= 15 is 0 Å². The molecule has 10 heteroatoms. The van der Waals surface area contributed by atoms with Gasteiger partial charge in [0, 0.05) is 11.6 Å². The van der Waals surface area contributed by atoms with E-state index in [1.54, 1.807) is 24.3 Å². The maximum absolute atomic E-state index is 12.4. The summed E-state index contributed by atoms with van der Waals surface area (Å²) in [5.74, 6) is 0.875. The van der Waals surface area contributed by atoms with Gasteiger partial charge in [-0.1, -0.05) is 11.6 Å². The van der Waals surface area contributed by atoms with Crippen molar-refractivity contribution in [3.63, 3.8) is 0 Å². The molecule has 0 heterocycles. The van der Waals surface area contributed by atoms with Crippen LogP contribution in [0.5, 0.6) is 17.2 Å². The van der Waals surface area contributed by atoms with Gasteiger partial charge in [-0.15, -0.1) is 0 Å². The van der Waals surface area contributed by atoms with Crippen molar-refractivity contribution >= 4 is 33.2 Å². The largest absolute Gasteiger partial charge is 0.493 e. The molecular formula is C19H23ClN2O6S. The zero-order valence-corrected chi connectivity index (χ0v) is 18.1. The van der Waals surface area contributed by atoms with Crippen LogP contribution in [0.1, 0.15) is 5.56 Å². The fraction of sp³-hybridized carbons (Fsp3) is 0.316. The standard InChI is InChI=1S/C19H23ClN2O6S/c1-26-16-9-13(10-17(27-2)19(16)28-3)11-21-18(23)12-22(29(4,24)25)15-7-5-14(20)6-8-15/h5-10H,11-12H2,1-4H3,(H,21,23). The lowest BCUT2D eigenvalue weighted by molar-refractivity contribution is -0.119. The number of carbonyl (C=O) groups is 1. The molecule has 1 N–H and O–H groups in total. The Hall–Kier alpha value is -2.65. The van der Waals surface area contributed by atoms with Gasteiger partial charge in [0.25, 0.3) is 0 Å². The normalized spacial score (nSPS) is 10.9. The first-order chi connectivity index (χ1) is 13.7. The number of anilines is 1. The molecule has 29 heavy (non-hydrogen) atoms. The highest BCUT2D eigenvalue weighted by Gasteiger charge is 2.21. The number of nitrogens with zero attached hydrogens (tertiary/aromatic N) is 1. The van der Waals surface area contributed by atoms with Crippen molar-refractivity contribution < 1.29 is 27.4 Å². The molecule has 0 saturated carbocycles. The monoisotopic (exact) mass is 442 g/mol. The molecule has 0 atom stereocenters.